The zero-order chi connectivity index (χ0) is 22.8. The summed E-state index contributed by atoms with van der Waals surface area (Å²) in [7, 11) is 0. The number of hydrogen-bond donors (Lipinski definition) is 2. The molecule has 4 aliphatic carbocycles. The molecule has 0 aromatic rings. The first-order chi connectivity index (χ1) is 14.4. The van der Waals surface area contributed by atoms with Gasteiger partial charge in [0.05, 0.1) is 6.10 Å². The van der Waals surface area contributed by atoms with Crippen LogP contribution in [0.15, 0.2) is 23.8 Å². The van der Waals surface area contributed by atoms with Gasteiger partial charge in [-0.25, -0.2) is 0 Å². The van der Waals surface area contributed by atoms with Crippen LogP contribution in [0, 0.1) is 46.3 Å². The number of rotatable bonds is 4. The summed E-state index contributed by atoms with van der Waals surface area (Å²) in [5, 5.41) is 21.7. The van der Waals surface area contributed by atoms with E-state index in [4.69, 9.17) is 0 Å². The molecule has 0 aromatic carbocycles. The molecular formula is C28H44O3. The van der Waals surface area contributed by atoms with Gasteiger partial charge in [-0.2, -0.15) is 0 Å². The van der Waals surface area contributed by atoms with E-state index in [1.54, 1.807) is 0 Å². The Morgan fingerprint density at radius 1 is 1.00 bits per heavy atom. The third kappa shape index (κ3) is 3.41. The molecule has 2 N–H and O–H groups in total. The van der Waals surface area contributed by atoms with E-state index < -0.39 is 17.1 Å². The Hall–Kier alpha value is -0.930. The van der Waals surface area contributed by atoms with Gasteiger partial charge in [0, 0.05) is 11.8 Å². The highest BCUT2D eigenvalue weighted by atomic mass is 16.3. The van der Waals surface area contributed by atoms with E-state index in [9.17, 15) is 15.0 Å². The zero-order valence-electron chi connectivity index (χ0n) is 20.5. The van der Waals surface area contributed by atoms with Crippen molar-refractivity contribution in [3.63, 3.8) is 0 Å². The predicted octanol–water partition coefficient (Wildman–Crippen LogP) is 5.70. The van der Waals surface area contributed by atoms with Gasteiger partial charge in [0.1, 0.15) is 5.60 Å². The topological polar surface area (TPSA) is 57.5 Å². The molecule has 0 heterocycles. The quantitative estimate of drug-likeness (QED) is 0.564. The maximum atomic E-state index is 13.3. The second-order valence-electron chi connectivity index (χ2n) is 12.4. The summed E-state index contributed by atoms with van der Waals surface area (Å²) < 4.78 is 0. The fourth-order valence-electron chi connectivity index (χ4n) is 7.96. The SMILES string of the molecule is CC(C)[C@@H](C)/C=C/[C@@H](C)[C@H]1CC[C@H]2C3=CC(=O)[C@@]4(O)C[C@@H](O)CC[C@]4(C)[C@H]3CC[C@]12C. The lowest BCUT2D eigenvalue weighted by molar-refractivity contribution is -0.180. The molecule has 4 aliphatic rings. The van der Waals surface area contributed by atoms with Crippen LogP contribution in [0.5, 0.6) is 0 Å². The number of carbonyl (C=O) groups excluding carboxylic acids is 1. The van der Waals surface area contributed by atoms with Crippen LogP contribution in [-0.4, -0.2) is 27.7 Å². The van der Waals surface area contributed by atoms with Crippen molar-refractivity contribution in [2.45, 2.75) is 98.2 Å². The number of aliphatic hydroxyl groups excluding tert-OH is 1. The molecule has 3 saturated carbocycles. The van der Waals surface area contributed by atoms with Gasteiger partial charge in [0.25, 0.3) is 0 Å². The van der Waals surface area contributed by atoms with Crippen molar-refractivity contribution in [1.29, 1.82) is 0 Å². The summed E-state index contributed by atoms with van der Waals surface area (Å²) >= 11 is 0. The molecule has 0 bridgehead atoms. The lowest BCUT2D eigenvalue weighted by Crippen LogP contribution is -2.64. The van der Waals surface area contributed by atoms with E-state index in [1.807, 2.05) is 6.08 Å². The summed E-state index contributed by atoms with van der Waals surface area (Å²) in [5.74, 6) is 3.03. The first kappa shape index (κ1) is 23.2. The van der Waals surface area contributed by atoms with Crippen LogP contribution in [0.4, 0.5) is 0 Å². The summed E-state index contributed by atoms with van der Waals surface area (Å²) in [6.07, 6.45) is 12.4. The van der Waals surface area contributed by atoms with E-state index >= 15 is 0 Å². The van der Waals surface area contributed by atoms with E-state index in [-0.39, 0.29) is 23.5 Å². The highest BCUT2D eigenvalue weighted by molar-refractivity contribution is 5.99. The molecule has 0 aromatic heterocycles. The molecular weight excluding hydrogens is 384 g/mol. The average Bonchev–Trinajstić information content (AvgIpc) is 3.05. The number of fused-ring (bicyclic) bond motifs is 5. The third-order valence-electron chi connectivity index (χ3n) is 10.5. The highest BCUT2D eigenvalue weighted by Crippen LogP contribution is 2.67. The number of hydrogen-bond acceptors (Lipinski definition) is 3. The minimum Gasteiger partial charge on any atom is -0.393 e. The minimum absolute atomic E-state index is 0.147. The third-order valence-corrected chi connectivity index (χ3v) is 10.5. The molecule has 3 fully saturated rings. The Morgan fingerprint density at radius 2 is 1.71 bits per heavy atom. The lowest BCUT2D eigenvalue weighted by atomic mass is 9.46. The van der Waals surface area contributed by atoms with Crippen molar-refractivity contribution in [2.75, 3.05) is 0 Å². The molecule has 0 spiro atoms. The van der Waals surface area contributed by atoms with Crippen LogP contribution in [0.2, 0.25) is 0 Å². The van der Waals surface area contributed by atoms with Gasteiger partial charge in [-0.15, -0.1) is 0 Å². The molecule has 0 radical (unpaired) electrons. The summed E-state index contributed by atoms with van der Waals surface area (Å²) in [4.78, 5) is 13.3. The molecule has 3 heteroatoms. The number of ketones is 1. The van der Waals surface area contributed by atoms with Crippen molar-refractivity contribution in [2.24, 2.45) is 46.3 Å². The van der Waals surface area contributed by atoms with Gasteiger partial charge in [0.15, 0.2) is 5.78 Å². The second-order valence-corrected chi connectivity index (χ2v) is 12.4. The fourth-order valence-corrected chi connectivity index (χ4v) is 7.96. The maximum Gasteiger partial charge on any atom is 0.187 e. The monoisotopic (exact) mass is 428 g/mol. The first-order valence-corrected chi connectivity index (χ1v) is 12.8. The molecule has 0 saturated heterocycles. The number of aliphatic hydroxyl groups is 2. The summed E-state index contributed by atoms with van der Waals surface area (Å²) in [6, 6.07) is 0. The maximum absolute atomic E-state index is 13.3. The molecule has 0 amide bonds. The van der Waals surface area contributed by atoms with Crippen molar-refractivity contribution in [3.8, 4) is 0 Å². The molecule has 9 atom stereocenters. The van der Waals surface area contributed by atoms with Crippen molar-refractivity contribution in [3.05, 3.63) is 23.8 Å². The molecule has 0 aliphatic heterocycles. The van der Waals surface area contributed by atoms with E-state index in [2.05, 4.69) is 53.7 Å². The normalized spacial score (nSPS) is 47.0. The molecule has 0 unspecified atom stereocenters. The van der Waals surface area contributed by atoms with Gasteiger partial charge in [-0.1, -0.05) is 59.3 Å². The average molecular weight is 429 g/mol. The molecule has 3 nitrogen and oxygen atoms in total. The van der Waals surface area contributed by atoms with Crippen LogP contribution >= 0.6 is 0 Å². The van der Waals surface area contributed by atoms with Gasteiger partial charge in [-0.3, -0.25) is 4.79 Å². The Kier molecular flexibility index (Phi) is 5.87. The predicted molar refractivity (Wildman–Crippen MR) is 125 cm³/mol. The lowest BCUT2D eigenvalue weighted by Gasteiger charge is -2.59. The summed E-state index contributed by atoms with van der Waals surface area (Å²) in [6.45, 7) is 13.9. The van der Waals surface area contributed by atoms with Gasteiger partial charge in [-0.05, 0) is 85.5 Å². The van der Waals surface area contributed by atoms with Crippen molar-refractivity contribution >= 4 is 5.78 Å². The van der Waals surface area contributed by atoms with Gasteiger partial charge >= 0.3 is 0 Å². The largest absolute Gasteiger partial charge is 0.393 e. The van der Waals surface area contributed by atoms with E-state index in [1.165, 1.54) is 18.4 Å². The Bertz CT molecular complexity index is 781. The van der Waals surface area contributed by atoms with Crippen LogP contribution in [-0.2, 0) is 4.79 Å². The number of allylic oxidation sites excluding steroid dienone is 3. The van der Waals surface area contributed by atoms with Gasteiger partial charge in [0.2, 0.25) is 0 Å². The van der Waals surface area contributed by atoms with Crippen LogP contribution in [0.25, 0.3) is 0 Å². The minimum atomic E-state index is -1.40. The molecule has 4 rings (SSSR count). The molecule has 31 heavy (non-hydrogen) atoms. The smallest absolute Gasteiger partial charge is 0.187 e. The summed E-state index contributed by atoms with van der Waals surface area (Å²) in [5.41, 5.74) is -0.275. The fraction of sp³-hybridized carbons (Fsp3) is 0.821. The first-order valence-electron chi connectivity index (χ1n) is 12.8. The second kappa shape index (κ2) is 7.83. The standard InChI is InChI=1S/C28H44O3/c1-17(2)18(3)7-8-19(4)22-9-10-23-21-15-25(30)28(31)16-20(29)11-14-27(28,6)24(21)12-13-26(22,23)5/h7-8,15,17-20,22-24,29,31H,9-14,16H2,1-6H3/b8-7+/t18-,19+,20-,22+,23-,24-,26+,27+,28-/m0/s1. The van der Waals surface area contributed by atoms with Crippen LogP contribution in [0.1, 0.15) is 86.5 Å². The van der Waals surface area contributed by atoms with E-state index in [0.29, 0.717) is 36.0 Å². The Balaban J connectivity index is 1.62. The van der Waals surface area contributed by atoms with E-state index in [0.717, 1.165) is 19.3 Å². The van der Waals surface area contributed by atoms with Crippen molar-refractivity contribution < 1.29 is 15.0 Å². The van der Waals surface area contributed by atoms with Crippen LogP contribution in [0.3, 0.4) is 0 Å². The Morgan fingerprint density at radius 3 is 2.39 bits per heavy atom. The van der Waals surface area contributed by atoms with Crippen LogP contribution < -0.4 is 0 Å². The zero-order valence-corrected chi connectivity index (χ0v) is 20.5. The Labute approximate surface area is 189 Å². The number of carbonyl (C=O) groups is 1. The van der Waals surface area contributed by atoms with Crippen molar-refractivity contribution in [1.82, 2.24) is 0 Å². The van der Waals surface area contributed by atoms with Gasteiger partial charge < -0.3 is 10.2 Å². The highest BCUT2D eigenvalue weighted by Gasteiger charge is 2.65. The molecule has 174 valence electrons.